The van der Waals surface area contributed by atoms with Crippen LogP contribution in [0.2, 0.25) is 0 Å². The van der Waals surface area contributed by atoms with Crippen LogP contribution in [0.5, 0.6) is 0 Å². The molecule has 27 heavy (non-hydrogen) atoms. The van der Waals surface area contributed by atoms with Gasteiger partial charge in [0.25, 0.3) is 0 Å². The summed E-state index contributed by atoms with van der Waals surface area (Å²) in [6.45, 7) is 0. The normalized spacial score (nSPS) is 12.4. The topological polar surface area (TPSA) is 82.4 Å². The molecule has 4 rings (SSSR count). The molecule has 7 heteroatoms. The van der Waals surface area contributed by atoms with E-state index < -0.39 is 20.0 Å². The largest absolute Gasteiger partial charge is 0.428 e. The number of rotatable bonds is 4. The maximum absolute atomic E-state index is 12.6. The number of benzene rings is 4. The van der Waals surface area contributed by atoms with Crippen molar-refractivity contribution in [1.82, 2.24) is 0 Å². The molecule has 0 N–H and O–H groups in total. The Bertz CT molecular complexity index is 1270. The van der Waals surface area contributed by atoms with E-state index in [2.05, 4.69) is 4.13 Å². The second-order valence-electron chi connectivity index (χ2n) is 6.04. The van der Waals surface area contributed by atoms with Crippen molar-refractivity contribution in [1.29, 1.82) is 0 Å². The first-order chi connectivity index (χ1) is 12.9. The van der Waals surface area contributed by atoms with Crippen LogP contribution in [0.25, 0.3) is 25.7 Å². The fourth-order valence-electron chi connectivity index (χ4n) is 2.87. The number of nitrogens with zero attached hydrogens (tertiary/aromatic N) is 1. The fourth-order valence-corrected chi connectivity index (χ4v) is 5.62. The van der Waals surface area contributed by atoms with Crippen molar-refractivity contribution in [3.8, 4) is 0 Å². The third-order valence-electron chi connectivity index (χ3n) is 4.23. The van der Waals surface area contributed by atoms with Crippen LogP contribution >= 0.6 is 0 Å². The summed E-state index contributed by atoms with van der Waals surface area (Å²) >= 11 is 0. The number of hydrogen-bond donors (Lipinski definition) is 0. The van der Waals surface area contributed by atoms with Gasteiger partial charge in [0.05, 0.1) is 0 Å². The van der Waals surface area contributed by atoms with Crippen molar-refractivity contribution >= 4 is 41.6 Å². The van der Waals surface area contributed by atoms with Gasteiger partial charge >= 0.3 is 0 Å². The number of fused-ring (bicyclic) bond motifs is 2. The molecule has 4 aromatic carbocycles. The van der Waals surface area contributed by atoms with Gasteiger partial charge in [0.2, 0.25) is 0 Å². The molecule has 0 unspecified atom stereocenters. The molecule has 0 atom stereocenters. The number of sulfonamides is 2. The third kappa shape index (κ3) is 3.44. The van der Waals surface area contributed by atoms with Crippen LogP contribution in [-0.2, 0) is 20.0 Å². The van der Waals surface area contributed by atoms with Gasteiger partial charge in [-0.1, -0.05) is 60.7 Å². The van der Waals surface area contributed by atoms with Crippen LogP contribution in [0.3, 0.4) is 0 Å². The quantitative estimate of drug-likeness (QED) is 0.510. The molecule has 0 aliphatic carbocycles. The van der Waals surface area contributed by atoms with Crippen molar-refractivity contribution in [2.45, 2.75) is 9.79 Å². The minimum atomic E-state index is -4.37. The van der Waals surface area contributed by atoms with Gasteiger partial charge < -0.3 is 4.13 Å². The molecule has 0 radical (unpaired) electrons. The Labute approximate surface area is 157 Å². The summed E-state index contributed by atoms with van der Waals surface area (Å²) in [7, 11) is -8.75. The standard InChI is InChI=1S/C20H14NO4S2/c22-26(23,19-11-9-15-5-1-3-7-17(15)13-19)21-27(24,25)20-12-10-16-6-2-4-8-18(16)14-20/h1-14H/q-1. The summed E-state index contributed by atoms with van der Waals surface area (Å²) in [5.41, 5.74) is 0. The first-order valence-corrected chi connectivity index (χ1v) is 11.0. The van der Waals surface area contributed by atoms with Crippen molar-refractivity contribution in [3.63, 3.8) is 0 Å². The fraction of sp³-hybridized carbons (Fsp3) is 0. The zero-order valence-corrected chi connectivity index (χ0v) is 15.6. The third-order valence-corrected chi connectivity index (χ3v) is 7.50. The van der Waals surface area contributed by atoms with Gasteiger partial charge in [0.1, 0.15) is 20.0 Å². The van der Waals surface area contributed by atoms with Gasteiger partial charge in [0, 0.05) is 9.79 Å². The van der Waals surface area contributed by atoms with E-state index in [4.69, 9.17) is 0 Å². The van der Waals surface area contributed by atoms with Crippen molar-refractivity contribution in [3.05, 3.63) is 89.1 Å². The highest BCUT2D eigenvalue weighted by Crippen LogP contribution is 2.29. The summed E-state index contributed by atoms with van der Waals surface area (Å²) in [5.74, 6) is 0. The van der Waals surface area contributed by atoms with Gasteiger partial charge in [-0.25, -0.2) is 16.8 Å². The monoisotopic (exact) mass is 396 g/mol. The molecular formula is C20H14NO4S2-. The predicted octanol–water partition coefficient (Wildman–Crippen LogP) is 4.44. The Hall–Kier alpha value is -2.74. The molecule has 5 nitrogen and oxygen atoms in total. The van der Waals surface area contributed by atoms with Gasteiger partial charge in [-0.15, -0.1) is 0 Å². The summed E-state index contributed by atoms with van der Waals surface area (Å²) in [4.78, 5) is -0.323. The van der Waals surface area contributed by atoms with E-state index in [1.807, 2.05) is 24.3 Å². The zero-order chi connectivity index (χ0) is 19.1. The summed E-state index contributed by atoms with van der Waals surface area (Å²) in [5, 5.41) is 3.09. The molecule has 0 fully saturated rings. The van der Waals surface area contributed by atoms with E-state index in [-0.39, 0.29) is 9.79 Å². The van der Waals surface area contributed by atoms with E-state index in [1.165, 1.54) is 24.3 Å². The molecule has 0 saturated carbocycles. The minimum absolute atomic E-state index is 0.162. The van der Waals surface area contributed by atoms with E-state index in [0.29, 0.717) is 10.8 Å². The molecule has 136 valence electrons. The Morgan fingerprint density at radius 1 is 0.481 bits per heavy atom. The smallest absolute Gasteiger partial charge is 0.112 e. The predicted molar refractivity (Wildman–Crippen MR) is 106 cm³/mol. The lowest BCUT2D eigenvalue weighted by atomic mass is 10.1. The molecule has 0 bridgehead atoms. The van der Waals surface area contributed by atoms with E-state index >= 15 is 0 Å². The number of hydrogen-bond acceptors (Lipinski definition) is 4. The van der Waals surface area contributed by atoms with E-state index in [1.54, 1.807) is 36.4 Å². The molecule has 4 aromatic rings. The molecule has 0 heterocycles. The second-order valence-corrected chi connectivity index (χ2v) is 9.48. The Morgan fingerprint density at radius 2 is 0.852 bits per heavy atom. The van der Waals surface area contributed by atoms with E-state index in [0.717, 1.165) is 10.8 Å². The molecule has 0 aliphatic rings. The second kappa shape index (κ2) is 6.45. The van der Waals surface area contributed by atoms with Gasteiger partial charge in [-0.3, -0.25) is 0 Å². The molecule has 0 amide bonds. The average molecular weight is 396 g/mol. The molecule has 0 aromatic heterocycles. The summed E-state index contributed by atoms with van der Waals surface area (Å²) < 4.78 is 53.6. The van der Waals surface area contributed by atoms with Crippen LogP contribution < -0.4 is 0 Å². The molecule has 0 saturated heterocycles. The highest BCUT2D eigenvalue weighted by atomic mass is 32.3. The summed E-state index contributed by atoms with van der Waals surface area (Å²) in [6.07, 6.45) is 0. The average Bonchev–Trinajstić information content (AvgIpc) is 2.66. The molecular weight excluding hydrogens is 382 g/mol. The summed E-state index contributed by atoms with van der Waals surface area (Å²) in [6, 6.07) is 23.2. The van der Waals surface area contributed by atoms with Crippen LogP contribution in [0.15, 0.2) is 94.7 Å². The lowest BCUT2D eigenvalue weighted by Crippen LogP contribution is -2.08. The van der Waals surface area contributed by atoms with Crippen molar-refractivity contribution in [2.75, 3.05) is 0 Å². The first kappa shape index (κ1) is 17.7. The van der Waals surface area contributed by atoms with Crippen LogP contribution in [-0.4, -0.2) is 16.8 Å². The van der Waals surface area contributed by atoms with Gasteiger partial charge in [0.15, 0.2) is 0 Å². The Kier molecular flexibility index (Phi) is 4.22. The lowest BCUT2D eigenvalue weighted by Gasteiger charge is -2.21. The minimum Gasteiger partial charge on any atom is -0.428 e. The molecule has 0 aliphatic heterocycles. The van der Waals surface area contributed by atoms with Gasteiger partial charge in [-0.2, -0.15) is 0 Å². The maximum Gasteiger partial charge on any atom is 0.112 e. The Balaban J connectivity index is 1.73. The van der Waals surface area contributed by atoms with E-state index in [9.17, 15) is 16.8 Å². The molecule has 0 spiro atoms. The van der Waals surface area contributed by atoms with Crippen LogP contribution in [0, 0.1) is 0 Å². The van der Waals surface area contributed by atoms with Gasteiger partial charge in [-0.05, 0) is 45.8 Å². The highest BCUT2D eigenvalue weighted by molar-refractivity contribution is 8.12. The lowest BCUT2D eigenvalue weighted by molar-refractivity contribution is 0.595. The van der Waals surface area contributed by atoms with Crippen molar-refractivity contribution in [2.24, 2.45) is 0 Å². The van der Waals surface area contributed by atoms with Crippen LogP contribution in [0.4, 0.5) is 0 Å². The zero-order valence-electron chi connectivity index (χ0n) is 14.0. The van der Waals surface area contributed by atoms with Crippen molar-refractivity contribution < 1.29 is 16.8 Å². The maximum atomic E-state index is 12.6. The van der Waals surface area contributed by atoms with Crippen LogP contribution in [0.1, 0.15) is 0 Å². The first-order valence-electron chi connectivity index (χ1n) is 8.07. The highest BCUT2D eigenvalue weighted by Gasteiger charge is 2.14. The Morgan fingerprint density at radius 3 is 1.26 bits per heavy atom. The SMILES string of the molecule is O=S(=O)([N-]S(=O)(=O)c1ccc2ccccc2c1)c1ccc2ccccc2c1.